The van der Waals surface area contributed by atoms with Gasteiger partial charge >= 0.3 is 5.97 Å². The molecule has 29 heavy (non-hydrogen) atoms. The zero-order chi connectivity index (χ0) is 21.0. The molecule has 0 unspecified atom stereocenters. The Morgan fingerprint density at radius 1 is 1.31 bits per heavy atom. The van der Waals surface area contributed by atoms with Crippen LogP contribution in [0.15, 0.2) is 72.5 Å². The molecule has 150 valence electrons. The number of rotatable bonds is 6. The minimum atomic E-state index is -0.515. The highest BCUT2D eigenvalue weighted by Crippen LogP contribution is 2.35. The number of anilines is 1. The lowest BCUT2D eigenvalue weighted by Gasteiger charge is -2.37. The lowest BCUT2D eigenvalue weighted by Crippen LogP contribution is -2.48. The summed E-state index contributed by atoms with van der Waals surface area (Å²) in [5, 5.41) is 3.60. The second-order valence-electron chi connectivity index (χ2n) is 6.36. The van der Waals surface area contributed by atoms with Gasteiger partial charge in [0.25, 0.3) is 0 Å². The molecular weight excluding hydrogens is 391 g/mol. The molecule has 0 radical (unpaired) electrons. The number of nitrogens with zero attached hydrogens (tertiary/aromatic N) is 1. The molecule has 0 bridgehead atoms. The van der Waals surface area contributed by atoms with Crippen molar-refractivity contribution in [1.82, 2.24) is 5.32 Å². The molecule has 0 fully saturated rings. The molecule has 1 atom stereocenters. The molecule has 0 aliphatic carbocycles. The van der Waals surface area contributed by atoms with Crippen molar-refractivity contribution in [2.45, 2.75) is 13.0 Å². The number of methoxy groups -OCH3 is 1. The Bertz CT molecular complexity index is 972. The third kappa shape index (κ3) is 4.30. The maximum atomic E-state index is 13.3. The van der Waals surface area contributed by atoms with E-state index in [-0.39, 0.29) is 5.82 Å². The summed E-state index contributed by atoms with van der Waals surface area (Å²) in [5.41, 5.74) is 2.46. The van der Waals surface area contributed by atoms with E-state index >= 15 is 0 Å². The van der Waals surface area contributed by atoms with Gasteiger partial charge in [-0.05, 0) is 61.1 Å². The van der Waals surface area contributed by atoms with Crippen LogP contribution in [0.5, 0.6) is 5.75 Å². The molecule has 1 N–H and O–H groups in total. The fourth-order valence-electron chi connectivity index (χ4n) is 3.21. The summed E-state index contributed by atoms with van der Waals surface area (Å²) in [6.07, 6.45) is 1.66. The summed E-state index contributed by atoms with van der Waals surface area (Å²) in [6.45, 7) is 5.80. The van der Waals surface area contributed by atoms with Gasteiger partial charge in [0.1, 0.15) is 18.2 Å². The van der Waals surface area contributed by atoms with Crippen molar-refractivity contribution >= 4 is 29.0 Å². The van der Waals surface area contributed by atoms with Crippen molar-refractivity contribution in [3.8, 4) is 5.75 Å². The zero-order valence-electron chi connectivity index (χ0n) is 16.1. The first-order chi connectivity index (χ1) is 14.0. The quantitative estimate of drug-likeness (QED) is 0.434. The third-order valence-electron chi connectivity index (χ3n) is 4.53. The number of halogens is 1. The Hall–Kier alpha value is -3.19. The molecule has 1 heterocycles. The minimum absolute atomic E-state index is 0.353. The van der Waals surface area contributed by atoms with Crippen LogP contribution < -0.4 is 15.0 Å². The molecule has 0 saturated heterocycles. The molecule has 0 aromatic heterocycles. The highest BCUT2D eigenvalue weighted by Gasteiger charge is 2.35. The number of esters is 1. The van der Waals surface area contributed by atoms with E-state index in [2.05, 4.69) is 11.9 Å². The van der Waals surface area contributed by atoms with Gasteiger partial charge < -0.3 is 14.8 Å². The molecule has 1 aliphatic heterocycles. The van der Waals surface area contributed by atoms with E-state index in [0.29, 0.717) is 34.4 Å². The number of hydrogen-bond donors (Lipinski definition) is 1. The van der Waals surface area contributed by atoms with E-state index in [4.69, 9.17) is 21.7 Å². The smallest absolute Gasteiger partial charge is 0.337 e. The second kappa shape index (κ2) is 8.87. The van der Waals surface area contributed by atoms with E-state index < -0.39 is 12.0 Å². The van der Waals surface area contributed by atoms with Crippen LogP contribution in [0.25, 0.3) is 0 Å². The summed E-state index contributed by atoms with van der Waals surface area (Å²) >= 11 is 5.56. The predicted octanol–water partition coefficient (Wildman–Crippen LogP) is 4.27. The standard InChI is InChI=1S/C22H21FN2O3S/c1-4-12-28-18-7-5-6-15(13-18)20-19(21(26)27-3)14(2)25(22(29)24-20)17-10-8-16(23)9-11-17/h4-11,13,20H,1,12H2,2-3H3,(H,24,29)/t20-/m1/s1. The Labute approximate surface area is 174 Å². The van der Waals surface area contributed by atoms with E-state index in [0.717, 1.165) is 5.56 Å². The molecule has 0 spiro atoms. The third-order valence-corrected chi connectivity index (χ3v) is 4.83. The van der Waals surface area contributed by atoms with Crippen LogP contribution in [0, 0.1) is 5.82 Å². The Morgan fingerprint density at radius 3 is 2.69 bits per heavy atom. The maximum Gasteiger partial charge on any atom is 0.337 e. The SMILES string of the molecule is C=CCOc1cccc([C@H]2NC(=S)N(c3ccc(F)cc3)C(C)=C2C(=O)OC)c1. The molecular formula is C22H21FN2O3S. The first kappa shape index (κ1) is 20.5. The molecule has 7 heteroatoms. The topological polar surface area (TPSA) is 50.8 Å². The van der Waals surface area contributed by atoms with Crippen LogP contribution in [0.3, 0.4) is 0 Å². The zero-order valence-corrected chi connectivity index (χ0v) is 17.0. The molecule has 0 amide bonds. The van der Waals surface area contributed by atoms with Gasteiger partial charge in [-0.3, -0.25) is 4.90 Å². The number of carbonyl (C=O) groups excluding carboxylic acids is 1. The van der Waals surface area contributed by atoms with E-state index in [1.165, 1.54) is 19.2 Å². The van der Waals surface area contributed by atoms with Gasteiger partial charge in [0.05, 0.1) is 18.7 Å². The van der Waals surface area contributed by atoms with Gasteiger partial charge in [0.15, 0.2) is 5.11 Å². The van der Waals surface area contributed by atoms with Gasteiger partial charge in [0, 0.05) is 11.4 Å². The normalized spacial score (nSPS) is 16.3. The number of allylic oxidation sites excluding steroid dienone is 1. The molecule has 0 saturated carbocycles. The summed E-state index contributed by atoms with van der Waals surface area (Å²) in [7, 11) is 1.33. The summed E-state index contributed by atoms with van der Waals surface area (Å²) in [4.78, 5) is 14.4. The largest absolute Gasteiger partial charge is 0.490 e. The number of benzene rings is 2. The van der Waals surface area contributed by atoms with Crippen molar-refractivity contribution in [3.63, 3.8) is 0 Å². The van der Waals surface area contributed by atoms with Gasteiger partial charge in [-0.25, -0.2) is 9.18 Å². The van der Waals surface area contributed by atoms with Crippen molar-refractivity contribution in [2.24, 2.45) is 0 Å². The van der Waals surface area contributed by atoms with Gasteiger partial charge in [-0.15, -0.1) is 0 Å². The number of carbonyl (C=O) groups is 1. The van der Waals surface area contributed by atoms with Crippen molar-refractivity contribution in [2.75, 3.05) is 18.6 Å². The average Bonchev–Trinajstić information content (AvgIpc) is 2.73. The van der Waals surface area contributed by atoms with Gasteiger partial charge in [-0.2, -0.15) is 0 Å². The van der Waals surface area contributed by atoms with Gasteiger partial charge in [-0.1, -0.05) is 24.8 Å². The monoisotopic (exact) mass is 412 g/mol. The molecule has 5 nitrogen and oxygen atoms in total. The molecule has 2 aromatic carbocycles. The molecule has 2 aromatic rings. The highest BCUT2D eigenvalue weighted by atomic mass is 32.1. The number of hydrogen-bond acceptors (Lipinski definition) is 4. The van der Waals surface area contributed by atoms with Crippen LogP contribution in [-0.4, -0.2) is 24.8 Å². The second-order valence-corrected chi connectivity index (χ2v) is 6.74. The molecule has 1 aliphatic rings. The van der Waals surface area contributed by atoms with Gasteiger partial charge in [0.2, 0.25) is 0 Å². The van der Waals surface area contributed by atoms with Crippen LogP contribution in [0.4, 0.5) is 10.1 Å². The first-order valence-electron chi connectivity index (χ1n) is 8.95. The lowest BCUT2D eigenvalue weighted by atomic mass is 9.94. The summed E-state index contributed by atoms with van der Waals surface area (Å²) in [5.74, 6) is -0.182. The average molecular weight is 412 g/mol. The number of thiocarbonyl (C=S) groups is 1. The number of ether oxygens (including phenoxy) is 2. The predicted molar refractivity (Wildman–Crippen MR) is 114 cm³/mol. The van der Waals surface area contributed by atoms with E-state index in [1.807, 2.05) is 24.3 Å². The first-order valence-corrected chi connectivity index (χ1v) is 9.36. The fraction of sp³-hybridized carbons (Fsp3) is 0.182. The van der Waals surface area contributed by atoms with Crippen molar-refractivity contribution in [3.05, 3.63) is 83.8 Å². The minimum Gasteiger partial charge on any atom is -0.490 e. The van der Waals surface area contributed by atoms with Crippen LogP contribution in [-0.2, 0) is 9.53 Å². The van der Waals surface area contributed by atoms with Crippen LogP contribution in [0.1, 0.15) is 18.5 Å². The Balaban J connectivity index is 2.07. The van der Waals surface area contributed by atoms with Crippen LogP contribution >= 0.6 is 12.2 Å². The Kier molecular flexibility index (Phi) is 6.29. The summed E-state index contributed by atoms with van der Waals surface area (Å²) in [6, 6.07) is 12.8. The summed E-state index contributed by atoms with van der Waals surface area (Å²) < 4.78 is 24.0. The van der Waals surface area contributed by atoms with E-state index in [9.17, 15) is 9.18 Å². The maximum absolute atomic E-state index is 13.3. The van der Waals surface area contributed by atoms with Crippen molar-refractivity contribution < 1.29 is 18.7 Å². The van der Waals surface area contributed by atoms with E-state index in [1.54, 1.807) is 30.0 Å². The molecule has 3 rings (SSSR count). The number of nitrogens with one attached hydrogen (secondary N) is 1. The van der Waals surface area contributed by atoms with Crippen molar-refractivity contribution in [1.29, 1.82) is 0 Å². The fourth-order valence-corrected chi connectivity index (χ4v) is 3.57. The highest BCUT2D eigenvalue weighted by molar-refractivity contribution is 7.80. The van der Waals surface area contributed by atoms with Crippen LogP contribution in [0.2, 0.25) is 0 Å². The lowest BCUT2D eigenvalue weighted by molar-refractivity contribution is -0.136. The Morgan fingerprint density at radius 2 is 2.03 bits per heavy atom.